The maximum absolute atomic E-state index is 14.0. The molecule has 0 bridgehead atoms. The van der Waals surface area contributed by atoms with Gasteiger partial charge in [0.1, 0.15) is 0 Å². The van der Waals surface area contributed by atoms with E-state index in [1.54, 1.807) is 25.3 Å². The lowest BCUT2D eigenvalue weighted by molar-refractivity contribution is 0.185. The molecule has 2 rings (SSSR count). The fourth-order valence-corrected chi connectivity index (χ4v) is 2.01. The SMILES string of the molecule is COCc1ccccc1NCc1cccc(OC)c1F. The van der Waals surface area contributed by atoms with Gasteiger partial charge in [0, 0.05) is 30.5 Å². The van der Waals surface area contributed by atoms with Crippen LogP contribution in [0, 0.1) is 5.82 Å². The van der Waals surface area contributed by atoms with E-state index in [1.165, 1.54) is 7.11 Å². The molecular weight excluding hydrogens is 257 g/mol. The van der Waals surface area contributed by atoms with Crippen LogP contribution in [-0.2, 0) is 17.9 Å². The smallest absolute Gasteiger partial charge is 0.170 e. The summed E-state index contributed by atoms with van der Waals surface area (Å²) in [6.45, 7) is 0.910. The number of benzene rings is 2. The quantitative estimate of drug-likeness (QED) is 0.874. The Morgan fingerprint density at radius 2 is 1.75 bits per heavy atom. The van der Waals surface area contributed by atoms with E-state index in [0.717, 1.165) is 11.3 Å². The summed E-state index contributed by atoms with van der Waals surface area (Å²) in [7, 11) is 3.11. The monoisotopic (exact) mass is 275 g/mol. The van der Waals surface area contributed by atoms with E-state index in [2.05, 4.69) is 5.32 Å². The number of hydrogen-bond acceptors (Lipinski definition) is 3. The maximum atomic E-state index is 14.0. The molecule has 1 N–H and O–H groups in total. The van der Waals surface area contributed by atoms with Gasteiger partial charge in [-0.05, 0) is 12.1 Å². The number of rotatable bonds is 6. The van der Waals surface area contributed by atoms with E-state index in [1.807, 2.05) is 24.3 Å². The number of para-hydroxylation sites is 1. The van der Waals surface area contributed by atoms with Gasteiger partial charge in [-0.15, -0.1) is 0 Å². The second-order valence-electron chi connectivity index (χ2n) is 4.38. The summed E-state index contributed by atoms with van der Waals surface area (Å²) in [6, 6.07) is 12.9. The first-order valence-corrected chi connectivity index (χ1v) is 6.38. The van der Waals surface area contributed by atoms with Crippen LogP contribution in [0.25, 0.3) is 0 Å². The van der Waals surface area contributed by atoms with E-state index in [0.29, 0.717) is 18.7 Å². The molecule has 0 aliphatic heterocycles. The second kappa shape index (κ2) is 6.91. The van der Waals surface area contributed by atoms with Crippen molar-refractivity contribution in [2.24, 2.45) is 0 Å². The van der Waals surface area contributed by atoms with Crippen LogP contribution in [0.3, 0.4) is 0 Å². The fraction of sp³-hybridized carbons (Fsp3) is 0.250. The number of ether oxygens (including phenoxy) is 2. The standard InChI is InChI=1S/C16H18FNO2/c1-19-11-13-6-3-4-8-14(13)18-10-12-7-5-9-15(20-2)16(12)17/h3-9,18H,10-11H2,1-2H3. The number of methoxy groups -OCH3 is 2. The summed E-state index contributed by atoms with van der Waals surface area (Å²) in [4.78, 5) is 0. The molecule has 0 amide bonds. The summed E-state index contributed by atoms with van der Waals surface area (Å²) in [5, 5.41) is 3.23. The molecule has 4 heteroatoms. The first kappa shape index (κ1) is 14.3. The molecule has 0 aromatic heterocycles. The van der Waals surface area contributed by atoms with Gasteiger partial charge in [-0.2, -0.15) is 0 Å². The largest absolute Gasteiger partial charge is 0.494 e. The zero-order chi connectivity index (χ0) is 14.4. The third kappa shape index (κ3) is 3.27. The van der Waals surface area contributed by atoms with Gasteiger partial charge in [0.15, 0.2) is 11.6 Å². The summed E-state index contributed by atoms with van der Waals surface area (Å²) in [6.07, 6.45) is 0. The molecule has 2 aromatic rings. The summed E-state index contributed by atoms with van der Waals surface area (Å²) >= 11 is 0. The number of hydrogen-bond donors (Lipinski definition) is 1. The van der Waals surface area contributed by atoms with Gasteiger partial charge in [0.25, 0.3) is 0 Å². The first-order valence-electron chi connectivity index (χ1n) is 6.38. The van der Waals surface area contributed by atoms with Crippen molar-refractivity contribution >= 4 is 5.69 Å². The van der Waals surface area contributed by atoms with Crippen molar-refractivity contribution in [3.63, 3.8) is 0 Å². The zero-order valence-corrected chi connectivity index (χ0v) is 11.7. The molecule has 0 fully saturated rings. The Bertz CT molecular complexity index is 572. The molecule has 106 valence electrons. The molecule has 0 spiro atoms. The van der Waals surface area contributed by atoms with Gasteiger partial charge >= 0.3 is 0 Å². The molecule has 0 saturated heterocycles. The van der Waals surface area contributed by atoms with Crippen LogP contribution in [0.15, 0.2) is 42.5 Å². The van der Waals surface area contributed by atoms with Gasteiger partial charge in [-0.1, -0.05) is 30.3 Å². The first-order chi connectivity index (χ1) is 9.76. The Hall–Kier alpha value is -2.07. The summed E-state index contributed by atoms with van der Waals surface area (Å²) in [5.41, 5.74) is 2.55. The topological polar surface area (TPSA) is 30.5 Å². The predicted molar refractivity (Wildman–Crippen MR) is 77.4 cm³/mol. The van der Waals surface area contributed by atoms with Crippen molar-refractivity contribution in [2.75, 3.05) is 19.5 Å². The molecule has 0 radical (unpaired) electrons. The number of halogens is 1. The van der Waals surface area contributed by atoms with Crippen molar-refractivity contribution in [3.05, 3.63) is 59.4 Å². The minimum absolute atomic E-state index is 0.259. The summed E-state index contributed by atoms with van der Waals surface area (Å²) < 4.78 is 24.2. The van der Waals surface area contributed by atoms with E-state index >= 15 is 0 Å². The highest BCUT2D eigenvalue weighted by Gasteiger charge is 2.08. The van der Waals surface area contributed by atoms with Gasteiger partial charge < -0.3 is 14.8 Å². The zero-order valence-electron chi connectivity index (χ0n) is 11.7. The maximum Gasteiger partial charge on any atom is 0.170 e. The average Bonchev–Trinajstić information content (AvgIpc) is 2.48. The number of anilines is 1. The van der Waals surface area contributed by atoms with Crippen molar-refractivity contribution in [2.45, 2.75) is 13.2 Å². The van der Waals surface area contributed by atoms with Crippen LogP contribution in [0.5, 0.6) is 5.75 Å². The third-order valence-electron chi connectivity index (χ3n) is 3.05. The lowest BCUT2D eigenvalue weighted by atomic mass is 10.1. The molecule has 3 nitrogen and oxygen atoms in total. The van der Waals surface area contributed by atoms with E-state index < -0.39 is 0 Å². The van der Waals surface area contributed by atoms with E-state index in [-0.39, 0.29) is 11.6 Å². The third-order valence-corrected chi connectivity index (χ3v) is 3.05. The number of nitrogens with one attached hydrogen (secondary N) is 1. The minimum atomic E-state index is -0.327. The Morgan fingerprint density at radius 3 is 2.50 bits per heavy atom. The van der Waals surface area contributed by atoms with E-state index in [4.69, 9.17) is 9.47 Å². The van der Waals surface area contributed by atoms with Gasteiger partial charge in [-0.3, -0.25) is 0 Å². The van der Waals surface area contributed by atoms with Crippen LogP contribution < -0.4 is 10.1 Å². The predicted octanol–water partition coefficient (Wildman–Crippen LogP) is 3.59. The highest BCUT2D eigenvalue weighted by molar-refractivity contribution is 5.51. The molecule has 0 saturated carbocycles. The van der Waals surface area contributed by atoms with Crippen molar-refractivity contribution in [3.8, 4) is 5.75 Å². The Labute approximate surface area is 118 Å². The lowest BCUT2D eigenvalue weighted by Gasteiger charge is -2.13. The Balaban J connectivity index is 2.13. The highest BCUT2D eigenvalue weighted by Crippen LogP contribution is 2.22. The van der Waals surface area contributed by atoms with Crippen molar-refractivity contribution < 1.29 is 13.9 Å². The van der Waals surface area contributed by atoms with Crippen LogP contribution in [0.1, 0.15) is 11.1 Å². The van der Waals surface area contributed by atoms with Gasteiger partial charge in [0.2, 0.25) is 0 Å². The normalized spacial score (nSPS) is 10.3. The van der Waals surface area contributed by atoms with Gasteiger partial charge in [-0.25, -0.2) is 4.39 Å². The molecule has 0 atom stereocenters. The van der Waals surface area contributed by atoms with Crippen molar-refractivity contribution in [1.82, 2.24) is 0 Å². The van der Waals surface area contributed by atoms with Crippen LogP contribution in [0.2, 0.25) is 0 Å². The molecule has 20 heavy (non-hydrogen) atoms. The molecule has 0 aliphatic rings. The molecule has 2 aromatic carbocycles. The molecular formula is C16H18FNO2. The molecule has 0 unspecified atom stereocenters. The molecule has 0 aliphatic carbocycles. The van der Waals surface area contributed by atoms with Crippen LogP contribution in [-0.4, -0.2) is 14.2 Å². The summed E-state index contributed by atoms with van der Waals surface area (Å²) in [5.74, 6) is -0.0683. The lowest BCUT2D eigenvalue weighted by Crippen LogP contribution is -2.05. The van der Waals surface area contributed by atoms with Gasteiger partial charge in [0.05, 0.1) is 13.7 Å². The second-order valence-corrected chi connectivity index (χ2v) is 4.38. The van der Waals surface area contributed by atoms with Crippen molar-refractivity contribution in [1.29, 1.82) is 0 Å². The average molecular weight is 275 g/mol. The Morgan fingerprint density at radius 1 is 1.00 bits per heavy atom. The highest BCUT2D eigenvalue weighted by atomic mass is 19.1. The molecule has 0 heterocycles. The van der Waals surface area contributed by atoms with Crippen LogP contribution >= 0.6 is 0 Å². The van der Waals surface area contributed by atoms with E-state index in [9.17, 15) is 4.39 Å². The fourth-order valence-electron chi connectivity index (χ4n) is 2.01. The van der Waals surface area contributed by atoms with Crippen LogP contribution in [0.4, 0.5) is 10.1 Å². The Kier molecular flexibility index (Phi) is 4.96. The minimum Gasteiger partial charge on any atom is -0.494 e.